The molecule has 0 fully saturated rings. The lowest BCUT2D eigenvalue weighted by atomic mass is 10.2. The lowest BCUT2D eigenvalue weighted by Gasteiger charge is -2.17. The van der Waals surface area contributed by atoms with Crippen LogP contribution in [0.15, 0.2) is 36.4 Å². The first-order chi connectivity index (χ1) is 13.4. The average Bonchev–Trinajstić information content (AvgIpc) is 3.13. The van der Waals surface area contributed by atoms with E-state index >= 15 is 0 Å². The van der Waals surface area contributed by atoms with E-state index in [4.69, 9.17) is 11.6 Å². The van der Waals surface area contributed by atoms with Crippen LogP contribution in [0.5, 0.6) is 0 Å². The summed E-state index contributed by atoms with van der Waals surface area (Å²) in [4.78, 5) is 26.2. The summed E-state index contributed by atoms with van der Waals surface area (Å²) in [7, 11) is 0. The van der Waals surface area contributed by atoms with E-state index in [0.29, 0.717) is 6.29 Å². The molecule has 0 aliphatic carbocycles. The molecule has 0 saturated heterocycles. The molecule has 0 spiro atoms. The van der Waals surface area contributed by atoms with Crippen molar-refractivity contribution in [3.63, 3.8) is 0 Å². The summed E-state index contributed by atoms with van der Waals surface area (Å²) >= 11 is 0. The van der Waals surface area contributed by atoms with Crippen molar-refractivity contribution in [1.29, 1.82) is 0 Å². The SMILES string of the molecule is N/C(=C\N(N)CC(F)CCn1cc(C=O)nn1)C(=O)NCc1ncccc1F. The molecule has 0 aliphatic rings. The van der Waals surface area contributed by atoms with Gasteiger partial charge in [-0.25, -0.2) is 14.6 Å². The van der Waals surface area contributed by atoms with Gasteiger partial charge in [0, 0.05) is 25.4 Å². The summed E-state index contributed by atoms with van der Waals surface area (Å²) in [6, 6.07) is 2.65. The smallest absolute Gasteiger partial charge is 0.269 e. The van der Waals surface area contributed by atoms with Gasteiger partial charge in [-0.2, -0.15) is 0 Å². The zero-order valence-electron chi connectivity index (χ0n) is 14.8. The average molecular weight is 394 g/mol. The van der Waals surface area contributed by atoms with E-state index in [9.17, 15) is 18.4 Å². The standard InChI is InChI=1S/C16H20F2N8O2/c17-11(3-5-26-8-12(10-27)23-24-26)7-25(20)9-14(19)16(28)22-6-15-13(18)2-1-4-21-15/h1-2,4,8-11H,3,5-7,19-20H2,(H,22,28)/b14-9-. The predicted molar refractivity (Wildman–Crippen MR) is 94.1 cm³/mol. The topological polar surface area (TPSA) is 145 Å². The number of aryl methyl sites for hydroxylation is 1. The fourth-order valence-corrected chi connectivity index (χ4v) is 2.17. The quantitative estimate of drug-likeness (QED) is 0.214. The number of hydrogen-bond acceptors (Lipinski definition) is 8. The van der Waals surface area contributed by atoms with Crippen LogP contribution in [-0.2, 0) is 17.9 Å². The lowest BCUT2D eigenvalue weighted by molar-refractivity contribution is -0.117. The third kappa shape index (κ3) is 6.39. The van der Waals surface area contributed by atoms with Gasteiger partial charge < -0.3 is 16.1 Å². The monoisotopic (exact) mass is 394 g/mol. The molecule has 2 aromatic rings. The molecule has 1 amide bonds. The van der Waals surface area contributed by atoms with Crippen LogP contribution < -0.4 is 16.9 Å². The Morgan fingerprint density at radius 3 is 2.93 bits per heavy atom. The van der Waals surface area contributed by atoms with Crippen LogP contribution >= 0.6 is 0 Å². The molecule has 2 aromatic heterocycles. The Bertz CT molecular complexity index is 842. The number of amides is 1. The Labute approximate surface area is 159 Å². The summed E-state index contributed by atoms with van der Waals surface area (Å²) in [6.07, 6.45) is 3.13. The number of nitrogens with zero attached hydrogens (tertiary/aromatic N) is 5. The zero-order valence-corrected chi connectivity index (χ0v) is 14.8. The Morgan fingerprint density at radius 2 is 2.25 bits per heavy atom. The molecule has 5 N–H and O–H groups in total. The maximum atomic E-state index is 14.0. The molecule has 1 atom stereocenters. The number of hydrogen-bond donors (Lipinski definition) is 3. The molecule has 0 aromatic carbocycles. The van der Waals surface area contributed by atoms with Crippen molar-refractivity contribution in [2.75, 3.05) is 6.54 Å². The van der Waals surface area contributed by atoms with Gasteiger partial charge in [0.25, 0.3) is 5.91 Å². The van der Waals surface area contributed by atoms with Crippen molar-refractivity contribution in [1.82, 2.24) is 30.3 Å². The van der Waals surface area contributed by atoms with Crippen molar-refractivity contribution in [3.8, 4) is 0 Å². The van der Waals surface area contributed by atoms with Crippen LogP contribution in [0, 0.1) is 5.82 Å². The van der Waals surface area contributed by atoms with Gasteiger partial charge in [0.2, 0.25) is 0 Å². The largest absolute Gasteiger partial charge is 0.393 e. The number of carbonyl (C=O) groups excluding carboxylic acids is 2. The van der Waals surface area contributed by atoms with E-state index in [2.05, 4.69) is 20.6 Å². The van der Waals surface area contributed by atoms with Gasteiger partial charge >= 0.3 is 0 Å². The fraction of sp³-hybridized carbons (Fsp3) is 0.312. The summed E-state index contributed by atoms with van der Waals surface area (Å²) in [5, 5.41) is 10.6. The third-order valence-corrected chi connectivity index (χ3v) is 3.58. The molecule has 2 rings (SSSR count). The second-order valence-corrected chi connectivity index (χ2v) is 5.81. The Kier molecular flexibility index (Phi) is 7.51. The highest BCUT2D eigenvalue weighted by molar-refractivity contribution is 5.92. The Morgan fingerprint density at radius 1 is 1.46 bits per heavy atom. The second-order valence-electron chi connectivity index (χ2n) is 5.81. The van der Waals surface area contributed by atoms with Gasteiger partial charge in [0.1, 0.15) is 23.4 Å². The van der Waals surface area contributed by atoms with E-state index in [-0.39, 0.29) is 43.1 Å². The zero-order chi connectivity index (χ0) is 20.5. The van der Waals surface area contributed by atoms with Crippen LogP contribution in [0.3, 0.4) is 0 Å². The molecule has 0 saturated carbocycles. The second kappa shape index (κ2) is 10.1. The van der Waals surface area contributed by atoms with Crippen LogP contribution in [0.2, 0.25) is 0 Å². The van der Waals surface area contributed by atoms with E-state index in [1.807, 2.05) is 0 Å². The summed E-state index contributed by atoms with van der Waals surface area (Å²) in [5.74, 6) is 4.39. The molecule has 0 aliphatic heterocycles. The number of nitrogens with two attached hydrogens (primary N) is 2. The molecule has 150 valence electrons. The number of aldehydes is 1. The number of hydrazine groups is 1. The Hall–Kier alpha value is -3.41. The van der Waals surface area contributed by atoms with Crippen LogP contribution in [0.1, 0.15) is 22.6 Å². The number of halogens is 2. The van der Waals surface area contributed by atoms with Gasteiger partial charge in [-0.3, -0.25) is 19.3 Å². The van der Waals surface area contributed by atoms with Crippen molar-refractivity contribution in [3.05, 3.63) is 53.6 Å². The van der Waals surface area contributed by atoms with E-state index in [1.54, 1.807) is 0 Å². The third-order valence-electron chi connectivity index (χ3n) is 3.58. The van der Waals surface area contributed by atoms with Crippen molar-refractivity contribution in [2.24, 2.45) is 11.6 Å². The van der Waals surface area contributed by atoms with E-state index in [0.717, 1.165) is 11.2 Å². The molecule has 2 heterocycles. The first kappa shape index (κ1) is 20.9. The minimum Gasteiger partial charge on any atom is -0.393 e. The van der Waals surface area contributed by atoms with Crippen molar-refractivity contribution in [2.45, 2.75) is 25.7 Å². The van der Waals surface area contributed by atoms with Crippen LogP contribution in [0.25, 0.3) is 0 Å². The van der Waals surface area contributed by atoms with E-state index in [1.165, 1.54) is 29.2 Å². The number of nitrogens with one attached hydrogen (secondary N) is 1. The first-order valence-electron chi connectivity index (χ1n) is 8.24. The predicted octanol–water partition coefficient (Wildman–Crippen LogP) is -0.355. The molecule has 0 bridgehead atoms. The Balaban J connectivity index is 1.77. The van der Waals surface area contributed by atoms with Crippen LogP contribution in [0.4, 0.5) is 8.78 Å². The molecular formula is C16H20F2N8O2. The summed E-state index contributed by atoms with van der Waals surface area (Å²) in [5.41, 5.74) is 5.56. The van der Waals surface area contributed by atoms with Crippen molar-refractivity contribution >= 4 is 12.2 Å². The number of pyridine rings is 1. The van der Waals surface area contributed by atoms with Gasteiger partial charge in [0.05, 0.1) is 25.0 Å². The highest BCUT2D eigenvalue weighted by atomic mass is 19.1. The number of carbonyl (C=O) groups is 2. The van der Waals surface area contributed by atoms with E-state index < -0.39 is 17.9 Å². The summed E-state index contributed by atoms with van der Waals surface area (Å²) in [6.45, 7) is -0.180. The molecule has 28 heavy (non-hydrogen) atoms. The first-order valence-corrected chi connectivity index (χ1v) is 8.24. The molecule has 1 unspecified atom stereocenters. The number of aromatic nitrogens is 4. The maximum absolute atomic E-state index is 14.0. The fourth-order valence-electron chi connectivity index (χ4n) is 2.17. The highest BCUT2D eigenvalue weighted by Gasteiger charge is 2.13. The normalized spacial score (nSPS) is 12.5. The maximum Gasteiger partial charge on any atom is 0.269 e. The van der Waals surface area contributed by atoms with Gasteiger partial charge in [0.15, 0.2) is 6.29 Å². The molecular weight excluding hydrogens is 374 g/mol. The minimum atomic E-state index is -1.34. The number of rotatable bonds is 10. The molecule has 0 radical (unpaired) electrons. The highest BCUT2D eigenvalue weighted by Crippen LogP contribution is 2.04. The van der Waals surface area contributed by atoms with Crippen LogP contribution in [-0.4, -0.2) is 49.9 Å². The number of alkyl halides is 1. The lowest BCUT2D eigenvalue weighted by Crippen LogP contribution is -2.36. The van der Waals surface area contributed by atoms with Gasteiger partial charge in [-0.1, -0.05) is 5.21 Å². The summed E-state index contributed by atoms with van der Waals surface area (Å²) < 4.78 is 28.8. The van der Waals surface area contributed by atoms with Crippen molar-refractivity contribution < 1.29 is 18.4 Å². The minimum absolute atomic E-state index is 0.0583. The molecule has 12 heteroatoms. The molecule has 10 nitrogen and oxygen atoms in total. The van der Waals surface area contributed by atoms with Gasteiger partial charge in [-0.15, -0.1) is 5.10 Å². The van der Waals surface area contributed by atoms with Gasteiger partial charge in [-0.05, 0) is 12.1 Å².